The van der Waals surface area contributed by atoms with Crippen molar-refractivity contribution in [3.05, 3.63) is 42.2 Å². The number of hydrogen-bond acceptors (Lipinski definition) is 5. The molecule has 1 aliphatic heterocycles. The van der Waals surface area contributed by atoms with Gasteiger partial charge in [-0.15, -0.1) is 5.10 Å². The highest BCUT2D eigenvalue weighted by Crippen LogP contribution is 2.26. The number of anilines is 1. The summed E-state index contributed by atoms with van der Waals surface area (Å²) in [6.07, 6.45) is 2.10. The molecule has 1 aromatic carbocycles. The van der Waals surface area contributed by atoms with E-state index < -0.39 is 0 Å². The maximum atomic E-state index is 5.64. The Hall–Kier alpha value is -2.93. The number of aryl methyl sites for hydroxylation is 1. The van der Waals surface area contributed by atoms with E-state index in [1.165, 1.54) is 0 Å². The Morgan fingerprint density at radius 3 is 3.04 bits per heavy atom. The Bertz CT molecular complexity index is 1100. The lowest BCUT2D eigenvalue weighted by Crippen LogP contribution is -2.41. The maximum absolute atomic E-state index is 5.64. The number of aromatic amines is 1. The van der Waals surface area contributed by atoms with Crippen molar-refractivity contribution in [3.63, 3.8) is 0 Å². The molecule has 26 heavy (non-hydrogen) atoms. The highest BCUT2D eigenvalue weighted by atomic mass is 16.5. The number of nitrogens with zero attached hydrogens (tertiary/aromatic N) is 5. The summed E-state index contributed by atoms with van der Waals surface area (Å²) in [5.74, 6) is 0.951. The van der Waals surface area contributed by atoms with Gasteiger partial charge in [0.05, 0.1) is 30.1 Å². The number of ether oxygens (including phenoxy) is 1. The Labute approximate surface area is 150 Å². The van der Waals surface area contributed by atoms with Crippen molar-refractivity contribution in [1.29, 1.82) is 0 Å². The zero-order valence-electron chi connectivity index (χ0n) is 14.8. The molecule has 4 aromatic rings. The predicted octanol–water partition coefficient (Wildman–Crippen LogP) is 2.81. The number of nitrogens with one attached hydrogen (secondary N) is 1. The number of H-pyrrole nitrogens is 1. The number of aromatic nitrogens is 5. The van der Waals surface area contributed by atoms with Crippen LogP contribution in [0.15, 0.2) is 36.5 Å². The number of fused-ring (bicyclic) bond motifs is 2. The van der Waals surface area contributed by atoms with E-state index in [9.17, 15) is 0 Å². The minimum atomic E-state index is 0.218. The molecular formula is C19H20N6O. The zero-order valence-corrected chi connectivity index (χ0v) is 14.8. The standard InChI is InChI=1S/C19H20N6O/c1-12-11-24(7-8-26-12)19-6-5-18-20-10-17(25(18)23-19)14-3-4-16-15(9-14)13(2)21-22-16/h3-6,9-10,12H,7-8,11H2,1-2H3,(H,21,22)/t12-/m1/s1. The summed E-state index contributed by atoms with van der Waals surface area (Å²) in [4.78, 5) is 6.78. The Morgan fingerprint density at radius 2 is 2.15 bits per heavy atom. The number of rotatable bonds is 2. The average Bonchev–Trinajstić information content (AvgIpc) is 3.25. The highest BCUT2D eigenvalue weighted by molar-refractivity contribution is 5.86. The van der Waals surface area contributed by atoms with Crippen molar-refractivity contribution in [2.45, 2.75) is 20.0 Å². The minimum absolute atomic E-state index is 0.218. The third-order valence-corrected chi connectivity index (χ3v) is 4.95. The maximum Gasteiger partial charge on any atom is 0.154 e. The van der Waals surface area contributed by atoms with Gasteiger partial charge < -0.3 is 9.64 Å². The molecule has 1 atom stereocenters. The van der Waals surface area contributed by atoms with Gasteiger partial charge in [-0.3, -0.25) is 5.10 Å². The molecule has 0 radical (unpaired) electrons. The number of hydrogen-bond donors (Lipinski definition) is 1. The van der Waals surface area contributed by atoms with Gasteiger partial charge in [0, 0.05) is 29.7 Å². The van der Waals surface area contributed by atoms with Crippen LogP contribution in [0.4, 0.5) is 5.82 Å². The summed E-state index contributed by atoms with van der Waals surface area (Å²) < 4.78 is 7.56. The zero-order chi connectivity index (χ0) is 17.7. The van der Waals surface area contributed by atoms with Crippen LogP contribution in [0.2, 0.25) is 0 Å². The van der Waals surface area contributed by atoms with Crippen LogP contribution in [0, 0.1) is 6.92 Å². The first kappa shape index (κ1) is 15.3. The van der Waals surface area contributed by atoms with Gasteiger partial charge in [-0.25, -0.2) is 9.50 Å². The number of morpholine rings is 1. The summed E-state index contributed by atoms with van der Waals surface area (Å²) in [6, 6.07) is 10.3. The Balaban J connectivity index is 1.60. The van der Waals surface area contributed by atoms with Gasteiger partial charge in [-0.2, -0.15) is 5.10 Å². The van der Waals surface area contributed by atoms with Crippen LogP contribution in [0.25, 0.3) is 27.8 Å². The Morgan fingerprint density at radius 1 is 1.23 bits per heavy atom. The van der Waals surface area contributed by atoms with Crippen LogP contribution in [0.3, 0.4) is 0 Å². The van der Waals surface area contributed by atoms with Crippen molar-refractivity contribution in [2.75, 3.05) is 24.6 Å². The van der Waals surface area contributed by atoms with Gasteiger partial charge in [0.15, 0.2) is 5.65 Å². The first-order valence-corrected chi connectivity index (χ1v) is 8.85. The molecule has 1 fully saturated rings. The van der Waals surface area contributed by atoms with Crippen LogP contribution in [0.5, 0.6) is 0 Å². The fraction of sp³-hybridized carbons (Fsp3) is 0.316. The third kappa shape index (κ3) is 2.43. The van der Waals surface area contributed by atoms with E-state index in [1.54, 1.807) is 0 Å². The number of benzene rings is 1. The molecule has 1 N–H and O–H groups in total. The smallest absolute Gasteiger partial charge is 0.154 e. The van der Waals surface area contributed by atoms with Crippen LogP contribution < -0.4 is 4.90 Å². The second kappa shape index (κ2) is 5.81. The third-order valence-electron chi connectivity index (χ3n) is 4.95. The topological polar surface area (TPSA) is 71.3 Å². The lowest BCUT2D eigenvalue weighted by atomic mass is 10.1. The average molecular weight is 348 g/mol. The highest BCUT2D eigenvalue weighted by Gasteiger charge is 2.19. The molecule has 0 aliphatic carbocycles. The van der Waals surface area contributed by atoms with Crippen molar-refractivity contribution in [3.8, 4) is 11.3 Å². The molecule has 7 heteroatoms. The van der Waals surface area contributed by atoms with Gasteiger partial charge in [-0.05, 0) is 38.1 Å². The molecule has 0 bridgehead atoms. The molecule has 3 aromatic heterocycles. The molecule has 0 amide bonds. The molecule has 0 unspecified atom stereocenters. The summed E-state index contributed by atoms with van der Waals surface area (Å²) in [7, 11) is 0. The van der Waals surface area contributed by atoms with Crippen LogP contribution in [-0.4, -0.2) is 50.6 Å². The van der Waals surface area contributed by atoms with Gasteiger partial charge in [0.2, 0.25) is 0 Å². The molecule has 0 saturated carbocycles. The van der Waals surface area contributed by atoms with E-state index in [0.29, 0.717) is 0 Å². The van der Waals surface area contributed by atoms with Gasteiger partial charge >= 0.3 is 0 Å². The van der Waals surface area contributed by atoms with Crippen molar-refractivity contribution < 1.29 is 4.74 Å². The van der Waals surface area contributed by atoms with E-state index in [1.807, 2.05) is 35.8 Å². The largest absolute Gasteiger partial charge is 0.375 e. The second-order valence-corrected chi connectivity index (χ2v) is 6.81. The molecular weight excluding hydrogens is 328 g/mol. The first-order valence-electron chi connectivity index (χ1n) is 8.85. The molecule has 1 aliphatic rings. The molecule has 5 rings (SSSR count). The monoisotopic (exact) mass is 348 g/mol. The Kier molecular flexibility index (Phi) is 3.43. The van der Waals surface area contributed by atoms with Crippen molar-refractivity contribution >= 4 is 22.4 Å². The molecule has 1 saturated heterocycles. The quantitative estimate of drug-likeness (QED) is 0.603. The fourth-order valence-electron chi connectivity index (χ4n) is 3.55. The molecule has 7 nitrogen and oxygen atoms in total. The van der Waals surface area contributed by atoms with E-state index in [0.717, 1.165) is 59.0 Å². The normalized spacial score (nSPS) is 18.1. The van der Waals surface area contributed by atoms with Crippen molar-refractivity contribution in [2.24, 2.45) is 0 Å². The van der Waals surface area contributed by atoms with Gasteiger partial charge in [0.1, 0.15) is 5.82 Å². The molecule has 0 spiro atoms. The summed E-state index contributed by atoms with van der Waals surface area (Å²) >= 11 is 0. The van der Waals surface area contributed by atoms with E-state index in [-0.39, 0.29) is 6.10 Å². The predicted molar refractivity (Wildman–Crippen MR) is 100 cm³/mol. The van der Waals surface area contributed by atoms with Crippen LogP contribution >= 0.6 is 0 Å². The molecule has 132 valence electrons. The molecule has 4 heterocycles. The van der Waals surface area contributed by atoms with Crippen LogP contribution in [0.1, 0.15) is 12.6 Å². The van der Waals surface area contributed by atoms with E-state index in [4.69, 9.17) is 9.84 Å². The summed E-state index contributed by atoms with van der Waals surface area (Å²) in [5.41, 5.74) is 4.93. The second-order valence-electron chi connectivity index (χ2n) is 6.81. The lowest BCUT2D eigenvalue weighted by Gasteiger charge is -2.31. The van der Waals surface area contributed by atoms with E-state index >= 15 is 0 Å². The summed E-state index contributed by atoms with van der Waals surface area (Å²) in [5, 5.41) is 13.3. The lowest BCUT2D eigenvalue weighted by molar-refractivity contribution is 0.0529. The first-order chi connectivity index (χ1) is 12.7. The number of imidazole rings is 1. The minimum Gasteiger partial charge on any atom is -0.375 e. The summed E-state index contributed by atoms with van der Waals surface area (Å²) in [6.45, 7) is 6.56. The van der Waals surface area contributed by atoms with E-state index in [2.05, 4.69) is 39.1 Å². The SMILES string of the molecule is Cc1[nH]nc2ccc(-c3cnc4ccc(N5CCO[C@H](C)C5)nn34)cc12. The van der Waals surface area contributed by atoms with Crippen LogP contribution in [-0.2, 0) is 4.74 Å². The van der Waals surface area contributed by atoms with Gasteiger partial charge in [0.25, 0.3) is 0 Å². The van der Waals surface area contributed by atoms with Crippen molar-refractivity contribution in [1.82, 2.24) is 24.8 Å². The fourth-order valence-corrected chi connectivity index (χ4v) is 3.55. The van der Waals surface area contributed by atoms with Gasteiger partial charge in [-0.1, -0.05) is 6.07 Å².